The zero-order chi connectivity index (χ0) is 12.9. The fourth-order valence-electron chi connectivity index (χ4n) is 1.31. The molecular formula is C13H17BrO3. The fraction of sp³-hybridized carbons (Fsp3) is 0.462. The van der Waals surface area contributed by atoms with Gasteiger partial charge in [0.05, 0.1) is 6.61 Å². The van der Waals surface area contributed by atoms with Crippen LogP contribution in [0.1, 0.15) is 27.2 Å². The molecule has 1 aromatic rings. The molecule has 3 nitrogen and oxygen atoms in total. The highest BCUT2D eigenvalue weighted by molar-refractivity contribution is 9.10. The van der Waals surface area contributed by atoms with Crippen LogP contribution in [-0.4, -0.2) is 18.2 Å². The Bertz CT molecular complexity index is 371. The molecule has 1 rings (SSSR count). The van der Waals surface area contributed by atoms with E-state index in [4.69, 9.17) is 9.47 Å². The first-order chi connectivity index (χ1) is 7.89. The van der Waals surface area contributed by atoms with Gasteiger partial charge in [-0.05, 0) is 38.1 Å². The van der Waals surface area contributed by atoms with Crippen LogP contribution in [0.2, 0.25) is 0 Å². The molecule has 0 aliphatic rings. The molecule has 4 heteroatoms. The van der Waals surface area contributed by atoms with E-state index in [9.17, 15) is 4.79 Å². The third-order valence-corrected chi connectivity index (χ3v) is 2.75. The van der Waals surface area contributed by atoms with Crippen LogP contribution in [0.25, 0.3) is 0 Å². The lowest BCUT2D eigenvalue weighted by Gasteiger charge is -2.26. The minimum absolute atomic E-state index is 0.260. The molecule has 0 saturated carbocycles. The van der Waals surface area contributed by atoms with Gasteiger partial charge in [-0.25, -0.2) is 0 Å². The summed E-state index contributed by atoms with van der Waals surface area (Å²) in [6, 6.07) is 7.66. The highest BCUT2D eigenvalue weighted by atomic mass is 79.9. The fourth-order valence-corrected chi connectivity index (χ4v) is 1.58. The summed E-state index contributed by atoms with van der Waals surface area (Å²) in [4.78, 5) is 10.7. The summed E-state index contributed by atoms with van der Waals surface area (Å²) in [6.07, 6.45) is 0.655. The Labute approximate surface area is 110 Å². The Hall–Kier alpha value is -1.03. The standard InChI is InChI=1S/C13H17BrO3/c1-10(15)16-9-8-13(2,3)17-12-6-4-11(14)5-7-12/h4-7H,8-9H2,1-3H3. The van der Waals surface area contributed by atoms with Crippen LogP contribution >= 0.6 is 15.9 Å². The van der Waals surface area contributed by atoms with Crippen LogP contribution in [0.5, 0.6) is 5.75 Å². The van der Waals surface area contributed by atoms with Gasteiger partial charge < -0.3 is 9.47 Å². The minimum Gasteiger partial charge on any atom is -0.488 e. The molecule has 0 aliphatic heterocycles. The zero-order valence-corrected chi connectivity index (χ0v) is 11.9. The molecule has 0 saturated heterocycles. The summed E-state index contributed by atoms with van der Waals surface area (Å²) in [7, 11) is 0. The molecule has 0 aliphatic carbocycles. The predicted molar refractivity (Wildman–Crippen MR) is 70.1 cm³/mol. The minimum atomic E-state index is -0.358. The smallest absolute Gasteiger partial charge is 0.302 e. The topological polar surface area (TPSA) is 35.5 Å². The lowest BCUT2D eigenvalue weighted by Crippen LogP contribution is -2.30. The van der Waals surface area contributed by atoms with E-state index in [1.54, 1.807) is 0 Å². The van der Waals surface area contributed by atoms with Crippen molar-refractivity contribution in [1.29, 1.82) is 0 Å². The Balaban J connectivity index is 2.48. The molecular weight excluding hydrogens is 284 g/mol. The first-order valence-electron chi connectivity index (χ1n) is 5.47. The molecule has 0 atom stereocenters. The van der Waals surface area contributed by atoms with Crippen molar-refractivity contribution in [3.05, 3.63) is 28.7 Å². The molecule has 17 heavy (non-hydrogen) atoms. The van der Waals surface area contributed by atoms with Crippen LogP contribution in [-0.2, 0) is 9.53 Å². The molecule has 0 aromatic heterocycles. The number of benzene rings is 1. The number of hydrogen-bond donors (Lipinski definition) is 0. The van der Waals surface area contributed by atoms with Crippen molar-refractivity contribution >= 4 is 21.9 Å². The number of hydrogen-bond acceptors (Lipinski definition) is 3. The zero-order valence-electron chi connectivity index (χ0n) is 10.3. The van der Waals surface area contributed by atoms with Gasteiger partial charge in [-0.15, -0.1) is 0 Å². The maximum Gasteiger partial charge on any atom is 0.302 e. The Morgan fingerprint density at radius 1 is 1.29 bits per heavy atom. The number of esters is 1. The van der Waals surface area contributed by atoms with E-state index in [-0.39, 0.29) is 11.6 Å². The van der Waals surface area contributed by atoms with E-state index < -0.39 is 0 Å². The number of halogens is 1. The average molecular weight is 301 g/mol. The van der Waals surface area contributed by atoms with E-state index >= 15 is 0 Å². The van der Waals surface area contributed by atoms with Crippen LogP contribution < -0.4 is 4.74 Å². The third kappa shape index (κ3) is 5.73. The number of ether oxygens (including phenoxy) is 2. The van der Waals surface area contributed by atoms with Crippen molar-refractivity contribution in [2.24, 2.45) is 0 Å². The van der Waals surface area contributed by atoms with Crippen molar-refractivity contribution in [2.75, 3.05) is 6.61 Å². The summed E-state index contributed by atoms with van der Waals surface area (Å²) < 4.78 is 11.8. The van der Waals surface area contributed by atoms with Crippen LogP contribution in [0, 0.1) is 0 Å². The summed E-state index contributed by atoms with van der Waals surface area (Å²) in [5, 5.41) is 0. The third-order valence-electron chi connectivity index (χ3n) is 2.22. The van der Waals surface area contributed by atoms with Crippen LogP contribution in [0.4, 0.5) is 0 Å². The van der Waals surface area contributed by atoms with Gasteiger partial charge in [-0.3, -0.25) is 4.79 Å². The molecule has 0 bridgehead atoms. The van der Waals surface area contributed by atoms with Crippen molar-refractivity contribution < 1.29 is 14.3 Å². The van der Waals surface area contributed by atoms with Gasteiger partial charge in [0.2, 0.25) is 0 Å². The maximum absolute atomic E-state index is 10.7. The first kappa shape index (κ1) is 14.0. The Morgan fingerprint density at radius 2 is 1.88 bits per heavy atom. The van der Waals surface area contributed by atoms with Gasteiger partial charge >= 0.3 is 5.97 Å². The van der Waals surface area contributed by atoms with Gasteiger partial charge in [0.25, 0.3) is 0 Å². The van der Waals surface area contributed by atoms with E-state index in [0.29, 0.717) is 13.0 Å². The predicted octanol–water partition coefficient (Wildman–Crippen LogP) is 3.56. The Kier molecular flexibility index (Phi) is 5.00. The van der Waals surface area contributed by atoms with Crippen molar-refractivity contribution in [1.82, 2.24) is 0 Å². The van der Waals surface area contributed by atoms with E-state index in [0.717, 1.165) is 10.2 Å². The number of rotatable bonds is 5. The molecule has 0 heterocycles. The van der Waals surface area contributed by atoms with Gasteiger partial charge in [0.1, 0.15) is 11.4 Å². The quantitative estimate of drug-likeness (QED) is 0.780. The molecule has 0 radical (unpaired) electrons. The van der Waals surface area contributed by atoms with Gasteiger partial charge in [-0.2, -0.15) is 0 Å². The molecule has 1 aromatic carbocycles. The Morgan fingerprint density at radius 3 is 2.41 bits per heavy atom. The number of carbonyl (C=O) groups is 1. The SMILES string of the molecule is CC(=O)OCCC(C)(C)Oc1ccc(Br)cc1. The second-order valence-corrected chi connectivity index (χ2v) is 5.32. The summed E-state index contributed by atoms with van der Waals surface area (Å²) in [6.45, 7) is 5.72. The highest BCUT2D eigenvalue weighted by Crippen LogP contribution is 2.22. The van der Waals surface area contributed by atoms with E-state index in [1.807, 2.05) is 38.1 Å². The molecule has 0 spiro atoms. The lowest BCUT2D eigenvalue weighted by molar-refractivity contribution is -0.141. The van der Waals surface area contributed by atoms with E-state index in [1.165, 1.54) is 6.92 Å². The maximum atomic E-state index is 10.7. The van der Waals surface area contributed by atoms with E-state index in [2.05, 4.69) is 15.9 Å². The van der Waals surface area contributed by atoms with Gasteiger partial charge in [0, 0.05) is 17.8 Å². The highest BCUT2D eigenvalue weighted by Gasteiger charge is 2.20. The molecule has 94 valence electrons. The van der Waals surface area contributed by atoms with Crippen molar-refractivity contribution in [2.45, 2.75) is 32.8 Å². The van der Waals surface area contributed by atoms with Crippen molar-refractivity contribution in [3.63, 3.8) is 0 Å². The number of carbonyl (C=O) groups excluding carboxylic acids is 1. The first-order valence-corrected chi connectivity index (χ1v) is 6.26. The molecule has 0 unspecified atom stereocenters. The second-order valence-electron chi connectivity index (χ2n) is 4.41. The lowest BCUT2D eigenvalue weighted by atomic mass is 10.1. The largest absolute Gasteiger partial charge is 0.488 e. The molecule has 0 amide bonds. The van der Waals surface area contributed by atoms with Crippen LogP contribution in [0.3, 0.4) is 0 Å². The van der Waals surface area contributed by atoms with Gasteiger partial charge in [-0.1, -0.05) is 15.9 Å². The molecule has 0 N–H and O–H groups in total. The molecule has 0 fully saturated rings. The van der Waals surface area contributed by atoms with Gasteiger partial charge in [0.15, 0.2) is 0 Å². The second kappa shape index (κ2) is 6.05. The monoisotopic (exact) mass is 300 g/mol. The van der Waals surface area contributed by atoms with Crippen LogP contribution in [0.15, 0.2) is 28.7 Å². The summed E-state index contributed by atoms with van der Waals surface area (Å²) in [5.74, 6) is 0.547. The summed E-state index contributed by atoms with van der Waals surface area (Å²) in [5.41, 5.74) is -0.358. The van der Waals surface area contributed by atoms with Crippen molar-refractivity contribution in [3.8, 4) is 5.75 Å². The normalized spacial score (nSPS) is 11.1. The summed E-state index contributed by atoms with van der Waals surface area (Å²) >= 11 is 3.37. The average Bonchev–Trinajstić information content (AvgIpc) is 2.20.